The molecule has 0 aliphatic carbocycles. The molecule has 0 aromatic heterocycles. The molecule has 0 saturated carbocycles. The van der Waals surface area contributed by atoms with Crippen molar-refractivity contribution in [2.45, 2.75) is 25.7 Å². The number of nitrogens with zero attached hydrogens (tertiary/aromatic N) is 1. The molecule has 0 atom stereocenters. The quantitative estimate of drug-likeness (QED) is 0.536. The Balaban J connectivity index is 1.28. The molecular formula is C21H22BrCl2NO2. The van der Waals surface area contributed by atoms with E-state index in [4.69, 9.17) is 32.7 Å². The first-order valence-electron chi connectivity index (χ1n) is 9.33. The number of ether oxygens (including phenoxy) is 2. The van der Waals surface area contributed by atoms with Gasteiger partial charge in [-0.1, -0.05) is 39.1 Å². The largest absolute Gasteiger partial charge is 0.454 e. The van der Waals surface area contributed by atoms with Crippen LogP contribution in [0.25, 0.3) is 0 Å². The van der Waals surface area contributed by atoms with Crippen molar-refractivity contribution >= 4 is 39.1 Å². The highest BCUT2D eigenvalue weighted by Gasteiger charge is 2.21. The lowest BCUT2D eigenvalue weighted by atomic mass is 9.90. The van der Waals surface area contributed by atoms with Crippen LogP contribution >= 0.6 is 39.1 Å². The average Bonchev–Trinajstić information content (AvgIpc) is 3.11. The molecule has 144 valence electrons. The molecule has 0 radical (unpaired) electrons. The van der Waals surface area contributed by atoms with Crippen LogP contribution in [-0.4, -0.2) is 31.3 Å². The van der Waals surface area contributed by atoms with Gasteiger partial charge < -0.3 is 14.4 Å². The maximum Gasteiger partial charge on any atom is 0.231 e. The fourth-order valence-corrected chi connectivity index (χ4v) is 4.71. The van der Waals surface area contributed by atoms with Crippen molar-refractivity contribution in [3.8, 4) is 11.5 Å². The molecule has 0 spiro atoms. The zero-order valence-corrected chi connectivity index (χ0v) is 18.1. The summed E-state index contributed by atoms with van der Waals surface area (Å²) in [5.74, 6) is 2.27. The van der Waals surface area contributed by atoms with E-state index in [-0.39, 0.29) is 6.79 Å². The average molecular weight is 471 g/mol. The van der Waals surface area contributed by atoms with Crippen LogP contribution in [0.5, 0.6) is 11.5 Å². The number of hydrogen-bond donors (Lipinski definition) is 0. The summed E-state index contributed by atoms with van der Waals surface area (Å²) in [7, 11) is 0. The van der Waals surface area contributed by atoms with Crippen molar-refractivity contribution < 1.29 is 9.47 Å². The van der Waals surface area contributed by atoms with Crippen LogP contribution in [0.2, 0.25) is 10.0 Å². The lowest BCUT2D eigenvalue weighted by Gasteiger charge is -2.32. The number of piperidine rings is 1. The summed E-state index contributed by atoms with van der Waals surface area (Å²) in [4.78, 5) is 2.53. The minimum atomic E-state index is 0.283. The van der Waals surface area contributed by atoms with E-state index in [1.54, 1.807) is 0 Å². The van der Waals surface area contributed by atoms with Crippen molar-refractivity contribution in [3.63, 3.8) is 0 Å². The van der Waals surface area contributed by atoms with Crippen molar-refractivity contribution in [2.24, 2.45) is 5.92 Å². The van der Waals surface area contributed by atoms with Gasteiger partial charge in [-0.05, 0) is 80.1 Å². The van der Waals surface area contributed by atoms with Gasteiger partial charge in [-0.15, -0.1) is 0 Å². The minimum Gasteiger partial charge on any atom is -0.454 e. The van der Waals surface area contributed by atoms with Crippen LogP contribution < -0.4 is 9.47 Å². The highest BCUT2D eigenvalue weighted by atomic mass is 79.9. The number of rotatable bonds is 5. The second-order valence-corrected chi connectivity index (χ2v) is 8.97. The summed E-state index contributed by atoms with van der Waals surface area (Å²) in [6.45, 7) is 3.56. The van der Waals surface area contributed by atoms with Crippen molar-refractivity contribution in [3.05, 3.63) is 56.0 Å². The van der Waals surface area contributed by atoms with E-state index in [1.807, 2.05) is 24.3 Å². The minimum absolute atomic E-state index is 0.283. The van der Waals surface area contributed by atoms with E-state index >= 15 is 0 Å². The molecule has 1 saturated heterocycles. The lowest BCUT2D eigenvalue weighted by Crippen LogP contribution is -2.35. The van der Waals surface area contributed by atoms with E-state index < -0.39 is 0 Å². The third-order valence-corrected chi connectivity index (χ3v) is 6.82. The Morgan fingerprint density at radius 3 is 2.52 bits per heavy atom. The van der Waals surface area contributed by atoms with Gasteiger partial charge in [0.05, 0.1) is 0 Å². The fraction of sp³-hybridized carbons (Fsp3) is 0.429. The molecule has 2 heterocycles. The maximum atomic E-state index is 6.40. The number of likely N-dealkylation sites (tertiary alicyclic amines) is 1. The Morgan fingerprint density at radius 1 is 1.00 bits per heavy atom. The van der Waals surface area contributed by atoms with Crippen LogP contribution in [0, 0.1) is 5.92 Å². The van der Waals surface area contributed by atoms with Crippen LogP contribution in [0.3, 0.4) is 0 Å². The highest BCUT2D eigenvalue weighted by molar-refractivity contribution is 9.10. The van der Waals surface area contributed by atoms with Gasteiger partial charge in [0, 0.05) is 27.1 Å². The third-order valence-electron chi connectivity index (χ3n) is 5.46. The van der Waals surface area contributed by atoms with E-state index in [1.165, 1.54) is 18.4 Å². The van der Waals surface area contributed by atoms with Gasteiger partial charge in [-0.2, -0.15) is 0 Å². The zero-order chi connectivity index (χ0) is 18.8. The number of halogens is 3. The number of benzene rings is 2. The predicted molar refractivity (Wildman–Crippen MR) is 113 cm³/mol. The predicted octanol–water partition coefficient (Wildman–Crippen LogP) is 5.98. The number of fused-ring (bicyclic) bond motifs is 1. The zero-order valence-electron chi connectivity index (χ0n) is 15.0. The molecule has 0 N–H and O–H groups in total. The summed E-state index contributed by atoms with van der Waals surface area (Å²) < 4.78 is 12.0. The molecule has 4 rings (SSSR count). The van der Waals surface area contributed by atoms with Gasteiger partial charge in [0.2, 0.25) is 6.79 Å². The van der Waals surface area contributed by atoms with Gasteiger partial charge in [0.1, 0.15) is 0 Å². The molecule has 0 amide bonds. The standard InChI is InChI=1S/C21H22BrCl2NO2/c22-18-2-1-17(23)10-16(18)9-14-3-6-25(7-4-14)8-5-15-11-20-21(12-19(15)24)27-13-26-20/h1-2,10-12,14H,3-9,13H2. The first-order valence-corrected chi connectivity index (χ1v) is 10.9. The highest BCUT2D eigenvalue weighted by Crippen LogP contribution is 2.37. The van der Waals surface area contributed by atoms with Gasteiger partial charge in [0.25, 0.3) is 0 Å². The molecule has 27 heavy (non-hydrogen) atoms. The molecule has 2 aromatic rings. The van der Waals surface area contributed by atoms with Crippen LogP contribution in [0.1, 0.15) is 24.0 Å². The van der Waals surface area contributed by atoms with Crippen LogP contribution in [0.4, 0.5) is 0 Å². The van der Waals surface area contributed by atoms with Crippen molar-refractivity contribution in [1.29, 1.82) is 0 Å². The van der Waals surface area contributed by atoms with Gasteiger partial charge in [0.15, 0.2) is 11.5 Å². The summed E-state index contributed by atoms with van der Waals surface area (Å²) in [5, 5.41) is 1.58. The summed E-state index contributed by atoms with van der Waals surface area (Å²) in [6, 6.07) is 9.95. The fourth-order valence-electron chi connectivity index (χ4n) is 3.85. The van der Waals surface area contributed by atoms with E-state index in [9.17, 15) is 0 Å². The number of hydrogen-bond acceptors (Lipinski definition) is 3. The molecule has 2 aromatic carbocycles. The molecular weight excluding hydrogens is 449 g/mol. The van der Waals surface area contributed by atoms with Crippen molar-refractivity contribution in [1.82, 2.24) is 4.90 Å². The van der Waals surface area contributed by atoms with Crippen LogP contribution in [-0.2, 0) is 12.8 Å². The molecule has 2 aliphatic rings. The topological polar surface area (TPSA) is 21.7 Å². The molecule has 0 unspecified atom stereocenters. The van der Waals surface area contributed by atoms with Crippen LogP contribution in [0.15, 0.2) is 34.8 Å². The molecule has 6 heteroatoms. The molecule has 1 fully saturated rings. The Hall–Kier alpha value is -0.940. The van der Waals surface area contributed by atoms with E-state index in [2.05, 4.69) is 26.9 Å². The second kappa shape index (κ2) is 8.60. The van der Waals surface area contributed by atoms with E-state index in [0.717, 1.165) is 64.1 Å². The Bertz CT molecular complexity index is 822. The lowest BCUT2D eigenvalue weighted by molar-refractivity contribution is 0.174. The Morgan fingerprint density at radius 2 is 1.74 bits per heavy atom. The molecule has 0 bridgehead atoms. The van der Waals surface area contributed by atoms with Gasteiger partial charge in [-0.3, -0.25) is 0 Å². The summed E-state index contributed by atoms with van der Waals surface area (Å²) >= 11 is 16.2. The first-order chi connectivity index (χ1) is 13.1. The van der Waals surface area contributed by atoms with Gasteiger partial charge in [-0.25, -0.2) is 0 Å². The third kappa shape index (κ3) is 4.73. The normalized spacial score (nSPS) is 17.4. The first kappa shape index (κ1) is 19.4. The van der Waals surface area contributed by atoms with E-state index in [0.29, 0.717) is 5.92 Å². The summed E-state index contributed by atoms with van der Waals surface area (Å²) in [5.41, 5.74) is 2.44. The maximum absolute atomic E-state index is 6.40. The van der Waals surface area contributed by atoms with Crippen molar-refractivity contribution in [2.75, 3.05) is 26.4 Å². The smallest absolute Gasteiger partial charge is 0.231 e. The monoisotopic (exact) mass is 469 g/mol. The SMILES string of the molecule is Clc1ccc(Br)c(CC2CCN(CCc3cc4c(cc3Cl)OCO4)CC2)c1. The second-order valence-electron chi connectivity index (χ2n) is 7.27. The van der Waals surface area contributed by atoms with Gasteiger partial charge >= 0.3 is 0 Å². The summed E-state index contributed by atoms with van der Waals surface area (Å²) in [6.07, 6.45) is 4.45. The Kier molecular flexibility index (Phi) is 6.18. The molecule has 2 aliphatic heterocycles. The molecule has 3 nitrogen and oxygen atoms in total. The Labute approximate surface area is 178 Å².